The topological polar surface area (TPSA) is 54.5 Å². The van der Waals surface area contributed by atoms with Crippen LogP contribution in [0.4, 0.5) is 0 Å². The maximum absolute atomic E-state index is 9.11. The van der Waals surface area contributed by atoms with Gasteiger partial charge in [-0.25, -0.2) is 0 Å². The van der Waals surface area contributed by atoms with E-state index in [9.17, 15) is 0 Å². The molecule has 0 radical (unpaired) electrons. The molecule has 102 valence electrons. The fourth-order valence-electron chi connectivity index (χ4n) is 2.72. The second-order valence-corrected chi connectivity index (χ2v) is 5.67. The summed E-state index contributed by atoms with van der Waals surface area (Å²) >= 11 is 5.96. The largest absolute Gasteiger partial charge is 0.337 e. The number of hydrogen-bond acceptors (Lipinski definition) is 3. The van der Waals surface area contributed by atoms with E-state index in [1.165, 1.54) is 12.8 Å². The molecule has 1 aliphatic rings. The monoisotopic (exact) mass is 294 g/mol. The molecule has 3 aromatic rings. The molecule has 2 aromatic heterocycles. The van der Waals surface area contributed by atoms with Crippen LogP contribution in [0.2, 0.25) is 5.15 Å². The average Bonchev–Trinajstić information content (AvgIpc) is 3.26. The summed E-state index contributed by atoms with van der Waals surface area (Å²) in [6, 6.07) is 12.5. The Morgan fingerprint density at radius 1 is 1.24 bits per heavy atom. The lowest BCUT2D eigenvalue weighted by atomic mass is 10.1. The van der Waals surface area contributed by atoms with Gasteiger partial charge < -0.3 is 4.57 Å². The van der Waals surface area contributed by atoms with Gasteiger partial charge in [-0.15, -0.1) is 5.10 Å². The number of hydrogen-bond donors (Lipinski definition) is 0. The lowest BCUT2D eigenvalue weighted by Crippen LogP contribution is -1.97. The molecular weight excluding hydrogens is 284 g/mol. The van der Waals surface area contributed by atoms with Crippen LogP contribution in [0.15, 0.2) is 36.5 Å². The maximum Gasteiger partial charge on any atom is 0.152 e. The van der Waals surface area contributed by atoms with Crippen molar-refractivity contribution in [2.75, 3.05) is 0 Å². The van der Waals surface area contributed by atoms with E-state index in [4.69, 9.17) is 16.9 Å². The molecule has 0 atom stereocenters. The Hall–Kier alpha value is -2.38. The van der Waals surface area contributed by atoms with Crippen molar-refractivity contribution >= 4 is 22.5 Å². The first-order chi connectivity index (χ1) is 10.3. The third-order valence-corrected chi connectivity index (χ3v) is 3.99. The van der Waals surface area contributed by atoms with Gasteiger partial charge in [0.15, 0.2) is 5.15 Å². The van der Waals surface area contributed by atoms with Crippen molar-refractivity contribution < 1.29 is 0 Å². The summed E-state index contributed by atoms with van der Waals surface area (Å²) in [6.07, 6.45) is 4.06. The SMILES string of the molecule is N#Cc1ccc2cc(-c3cnnc(Cl)c3)n(C3CC3)c2c1. The molecule has 5 heteroatoms. The Balaban J connectivity index is 2.00. The number of rotatable bonds is 2. The van der Waals surface area contributed by atoms with E-state index in [0.717, 1.165) is 22.2 Å². The zero-order chi connectivity index (χ0) is 14.4. The van der Waals surface area contributed by atoms with Crippen LogP contribution < -0.4 is 0 Å². The minimum atomic E-state index is 0.387. The number of nitriles is 1. The van der Waals surface area contributed by atoms with E-state index in [1.54, 1.807) is 6.20 Å². The van der Waals surface area contributed by atoms with E-state index >= 15 is 0 Å². The van der Waals surface area contributed by atoms with E-state index in [1.807, 2.05) is 24.3 Å². The van der Waals surface area contributed by atoms with Crippen LogP contribution in [-0.2, 0) is 0 Å². The lowest BCUT2D eigenvalue weighted by Gasteiger charge is -2.09. The summed E-state index contributed by atoms with van der Waals surface area (Å²) < 4.78 is 2.30. The van der Waals surface area contributed by atoms with Crippen molar-refractivity contribution in [1.82, 2.24) is 14.8 Å². The van der Waals surface area contributed by atoms with Crippen LogP contribution in [0.25, 0.3) is 22.2 Å². The summed E-state index contributed by atoms with van der Waals surface area (Å²) in [5.74, 6) is 0. The summed E-state index contributed by atoms with van der Waals surface area (Å²) in [7, 11) is 0. The standard InChI is InChI=1S/C16H11ClN4/c17-16-7-12(9-19-20-16)15-6-11-2-1-10(8-18)5-14(11)21(15)13-3-4-13/h1-2,5-7,9,13H,3-4H2. The highest BCUT2D eigenvalue weighted by molar-refractivity contribution is 6.29. The minimum Gasteiger partial charge on any atom is -0.337 e. The van der Waals surface area contributed by atoms with Crippen molar-refractivity contribution in [3.8, 4) is 17.3 Å². The first-order valence-electron chi connectivity index (χ1n) is 6.80. The van der Waals surface area contributed by atoms with Gasteiger partial charge in [0, 0.05) is 17.0 Å². The van der Waals surface area contributed by atoms with Crippen molar-refractivity contribution in [3.05, 3.63) is 47.2 Å². The number of benzene rings is 1. The van der Waals surface area contributed by atoms with E-state index in [0.29, 0.717) is 16.8 Å². The van der Waals surface area contributed by atoms with Gasteiger partial charge >= 0.3 is 0 Å². The summed E-state index contributed by atoms with van der Waals surface area (Å²) in [5, 5.41) is 18.4. The fourth-order valence-corrected chi connectivity index (χ4v) is 2.88. The molecule has 1 aromatic carbocycles. The quantitative estimate of drug-likeness (QED) is 0.719. The van der Waals surface area contributed by atoms with Gasteiger partial charge in [0.25, 0.3) is 0 Å². The third kappa shape index (κ3) is 2.07. The second kappa shape index (κ2) is 4.57. The third-order valence-electron chi connectivity index (χ3n) is 3.80. The van der Waals surface area contributed by atoms with Gasteiger partial charge in [-0.1, -0.05) is 17.7 Å². The Morgan fingerprint density at radius 2 is 2.10 bits per heavy atom. The zero-order valence-corrected chi connectivity index (χ0v) is 11.9. The molecule has 0 spiro atoms. The number of aromatic nitrogens is 3. The second-order valence-electron chi connectivity index (χ2n) is 5.28. The highest BCUT2D eigenvalue weighted by Crippen LogP contribution is 2.42. The molecular formula is C16H11ClN4. The molecule has 0 unspecified atom stereocenters. The van der Waals surface area contributed by atoms with Crippen LogP contribution in [0, 0.1) is 11.3 Å². The Bertz CT molecular complexity index is 887. The molecule has 0 aliphatic heterocycles. The predicted octanol–water partition coefficient (Wildman–Crippen LogP) is 3.96. The average molecular weight is 295 g/mol. The van der Waals surface area contributed by atoms with E-state index < -0.39 is 0 Å². The minimum absolute atomic E-state index is 0.387. The van der Waals surface area contributed by atoms with E-state index in [-0.39, 0.29) is 0 Å². The van der Waals surface area contributed by atoms with Crippen molar-refractivity contribution in [2.45, 2.75) is 18.9 Å². The molecule has 4 nitrogen and oxygen atoms in total. The molecule has 1 saturated carbocycles. The summed E-state index contributed by atoms with van der Waals surface area (Å²) in [6.45, 7) is 0. The number of halogens is 1. The molecule has 1 fully saturated rings. The van der Waals surface area contributed by atoms with Crippen molar-refractivity contribution in [2.24, 2.45) is 0 Å². The molecule has 2 heterocycles. The van der Waals surface area contributed by atoms with Crippen LogP contribution in [0.5, 0.6) is 0 Å². The predicted molar refractivity (Wildman–Crippen MR) is 81.0 cm³/mol. The highest BCUT2D eigenvalue weighted by atomic mass is 35.5. The first kappa shape index (κ1) is 12.4. The Kier molecular flexibility index (Phi) is 2.69. The fraction of sp³-hybridized carbons (Fsp3) is 0.188. The molecule has 21 heavy (non-hydrogen) atoms. The molecule has 0 N–H and O–H groups in total. The smallest absolute Gasteiger partial charge is 0.152 e. The lowest BCUT2D eigenvalue weighted by molar-refractivity contribution is 0.782. The van der Waals surface area contributed by atoms with E-state index in [2.05, 4.69) is 26.9 Å². The van der Waals surface area contributed by atoms with Crippen LogP contribution in [0.1, 0.15) is 24.4 Å². The van der Waals surface area contributed by atoms with Gasteiger partial charge in [-0.3, -0.25) is 0 Å². The van der Waals surface area contributed by atoms with Gasteiger partial charge in [0.05, 0.1) is 29.0 Å². The number of nitrogens with zero attached hydrogens (tertiary/aromatic N) is 4. The summed E-state index contributed by atoms with van der Waals surface area (Å²) in [4.78, 5) is 0. The van der Waals surface area contributed by atoms with Gasteiger partial charge in [-0.05, 0) is 37.1 Å². The van der Waals surface area contributed by atoms with Crippen LogP contribution >= 0.6 is 11.6 Å². The van der Waals surface area contributed by atoms with Crippen molar-refractivity contribution in [3.63, 3.8) is 0 Å². The number of fused-ring (bicyclic) bond motifs is 1. The Labute approximate surface area is 126 Å². The molecule has 1 aliphatic carbocycles. The maximum atomic E-state index is 9.11. The first-order valence-corrected chi connectivity index (χ1v) is 7.18. The van der Waals surface area contributed by atoms with Crippen LogP contribution in [-0.4, -0.2) is 14.8 Å². The summed E-state index contributed by atoms with van der Waals surface area (Å²) in [5.41, 5.74) is 3.82. The van der Waals surface area contributed by atoms with Gasteiger partial charge in [-0.2, -0.15) is 10.4 Å². The highest BCUT2D eigenvalue weighted by Gasteiger charge is 2.28. The molecule has 0 amide bonds. The van der Waals surface area contributed by atoms with Crippen LogP contribution in [0.3, 0.4) is 0 Å². The Morgan fingerprint density at radius 3 is 2.81 bits per heavy atom. The van der Waals surface area contributed by atoms with Crippen molar-refractivity contribution in [1.29, 1.82) is 5.26 Å². The van der Waals surface area contributed by atoms with Gasteiger partial charge in [0.2, 0.25) is 0 Å². The molecule has 4 rings (SSSR count). The van der Waals surface area contributed by atoms with Gasteiger partial charge in [0.1, 0.15) is 0 Å². The zero-order valence-electron chi connectivity index (χ0n) is 11.1. The normalized spacial score (nSPS) is 14.3. The molecule has 0 bridgehead atoms. The molecule has 0 saturated heterocycles.